The molecule has 9 heteroatoms. The third kappa shape index (κ3) is 7.01. The van der Waals surface area contributed by atoms with Crippen molar-refractivity contribution in [3.05, 3.63) is 154 Å². The van der Waals surface area contributed by atoms with Crippen LogP contribution in [0.4, 0.5) is 13.2 Å². The lowest BCUT2D eigenvalue weighted by atomic mass is 9.68. The van der Waals surface area contributed by atoms with Crippen molar-refractivity contribution in [2.75, 3.05) is 0 Å². The van der Waals surface area contributed by atoms with Crippen molar-refractivity contribution in [2.45, 2.75) is 96.6 Å². The Morgan fingerprint density at radius 1 is 0.574 bits per heavy atom. The fraction of sp³-hybridized carbons (Fsp3) is 0.378. The Kier molecular flexibility index (Phi) is 9.31. The average Bonchev–Trinajstić information content (AvgIpc) is 3.98. The van der Waals surface area contributed by atoms with Crippen molar-refractivity contribution in [2.24, 2.45) is 10.8 Å². The molecule has 4 heterocycles. The minimum atomic E-state index is -4.58. The van der Waals surface area contributed by atoms with Crippen LogP contribution in [-0.4, -0.2) is 29.5 Å². The van der Waals surface area contributed by atoms with Crippen molar-refractivity contribution in [1.82, 2.24) is 29.5 Å². The highest BCUT2D eigenvalue weighted by Crippen LogP contribution is 2.47. The summed E-state index contributed by atoms with van der Waals surface area (Å²) in [5.41, 5.74) is 4.65. The first kappa shape index (κ1) is 36.0. The van der Waals surface area contributed by atoms with Crippen LogP contribution in [-0.2, 0) is 24.4 Å². The molecule has 6 aromatic rings. The van der Waals surface area contributed by atoms with E-state index < -0.39 is 17.3 Å². The zero-order valence-electron chi connectivity index (χ0n) is 31.3. The topological polar surface area (TPSA) is 61.4 Å². The Labute approximate surface area is 315 Å². The molecule has 6 nitrogen and oxygen atoms in total. The van der Waals surface area contributed by atoms with Crippen LogP contribution < -0.4 is 0 Å². The van der Waals surface area contributed by atoms with E-state index in [2.05, 4.69) is 61.4 Å². The highest BCUT2D eigenvalue weighted by atomic mass is 19.4. The minimum Gasteiger partial charge on any atom is -0.232 e. The second-order valence-electron chi connectivity index (χ2n) is 16.4. The van der Waals surface area contributed by atoms with E-state index in [-0.39, 0.29) is 10.8 Å². The molecule has 2 aromatic carbocycles. The zero-order chi connectivity index (χ0) is 37.6. The fourth-order valence-corrected chi connectivity index (χ4v) is 9.17. The molecule has 2 aliphatic carbocycles. The molecule has 0 unspecified atom stereocenters. The van der Waals surface area contributed by atoms with Gasteiger partial charge in [0, 0.05) is 12.4 Å². The number of aryl methyl sites for hydroxylation is 1. The SMILES string of the molecule is Cc1ccn(-c2cc(CC3(C)CCCC3)cc(C(c3ccccc3)(c3ccccc3)c3cc(CC4(C)CCCC4)cc(-n4ccc(C(F)(F)F)n4)n3)n2)n1. The maximum atomic E-state index is 13.9. The van der Waals surface area contributed by atoms with Crippen LogP contribution in [0.1, 0.15) is 110 Å². The predicted molar refractivity (Wildman–Crippen MR) is 205 cm³/mol. The summed E-state index contributed by atoms with van der Waals surface area (Å²) in [6.45, 7) is 6.68. The Balaban J connectivity index is 1.44. The molecule has 0 atom stereocenters. The van der Waals surface area contributed by atoms with Crippen molar-refractivity contribution >= 4 is 0 Å². The number of alkyl halides is 3. The minimum absolute atomic E-state index is 0.0688. The van der Waals surface area contributed by atoms with Crippen LogP contribution in [0.2, 0.25) is 0 Å². The summed E-state index contributed by atoms with van der Waals surface area (Å²) in [4.78, 5) is 10.8. The second-order valence-corrected chi connectivity index (χ2v) is 16.4. The molecule has 2 fully saturated rings. The molecule has 0 bridgehead atoms. The molecule has 0 radical (unpaired) electrons. The Bertz CT molecular complexity index is 2190. The van der Waals surface area contributed by atoms with Crippen molar-refractivity contribution in [1.29, 1.82) is 0 Å². The summed E-state index contributed by atoms with van der Waals surface area (Å²) in [5.74, 6) is 1.05. The van der Waals surface area contributed by atoms with E-state index in [4.69, 9.17) is 15.1 Å². The van der Waals surface area contributed by atoms with Crippen LogP contribution in [0.15, 0.2) is 109 Å². The van der Waals surface area contributed by atoms with Crippen molar-refractivity contribution in [3.8, 4) is 11.6 Å². The molecule has 0 N–H and O–H groups in total. The number of rotatable bonds is 10. The number of nitrogens with zero attached hydrogens (tertiary/aromatic N) is 6. The van der Waals surface area contributed by atoms with Gasteiger partial charge in [-0.05, 0) is 115 Å². The highest BCUT2D eigenvalue weighted by molar-refractivity contribution is 5.58. The van der Waals surface area contributed by atoms with Gasteiger partial charge >= 0.3 is 6.18 Å². The molecule has 2 saturated carbocycles. The summed E-state index contributed by atoms with van der Waals surface area (Å²) >= 11 is 0. The molecule has 0 aliphatic heterocycles. The monoisotopic (exact) mass is 728 g/mol. The van der Waals surface area contributed by atoms with E-state index in [1.54, 1.807) is 0 Å². The number of pyridine rings is 2. The van der Waals surface area contributed by atoms with Crippen molar-refractivity contribution in [3.63, 3.8) is 0 Å². The van der Waals surface area contributed by atoms with Gasteiger partial charge in [0.05, 0.1) is 17.1 Å². The number of hydrogen-bond acceptors (Lipinski definition) is 4. The van der Waals surface area contributed by atoms with Crippen LogP contribution in [0, 0.1) is 17.8 Å². The quantitative estimate of drug-likeness (QED) is 0.141. The zero-order valence-corrected chi connectivity index (χ0v) is 31.3. The smallest absolute Gasteiger partial charge is 0.232 e. The first-order valence-corrected chi connectivity index (χ1v) is 19.2. The average molecular weight is 729 g/mol. The largest absolute Gasteiger partial charge is 0.435 e. The summed E-state index contributed by atoms with van der Waals surface area (Å²) in [7, 11) is 0. The van der Waals surface area contributed by atoms with E-state index in [1.165, 1.54) is 55.0 Å². The van der Waals surface area contributed by atoms with Gasteiger partial charge in [-0.3, -0.25) is 0 Å². The van der Waals surface area contributed by atoms with Gasteiger partial charge < -0.3 is 0 Å². The van der Waals surface area contributed by atoms with Gasteiger partial charge in [-0.15, -0.1) is 0 Å². The van der Waals surface area contributed by atoms with Gasteiger partial charge in [0.15, 0.2) is 17.3 Å². The second kappa shape index (κ2) is 14.0. The molecule has 278 valence electrons. The molecule has 0 amide bonds. The van der Waals surface area contributed by atoms with E-state index in [1.807, 2.05) is 66.3 Å². The molecule has 54 heavy (non-hydrogen) atoms. The summed E-state index contributed by atoms with van der Waals surface area (Å²) < 4.78 is 44.9. The Morgan fingerprint density at radius 2 is 1.02 bits per heavy atom. The van der Waals surface area contributed by atoms with Crippen LogP contribution in [0.5, 0.6) is 0 Å². The van der Waals surface area contributed by atoms with E-state index >= 15 is 0 Å². The first-order chi connectivity index (χ1) is 25.9. The van der Waals surface area contributed by atoms with Gasteiger partial charge in [0.25, 0.3) is 0 Å². The first-order valence-electron chi connectivity index (χ1n) is 19.2. The van der Waals surface area contributed by atoms with Crippen molar-refractivity contribution < 1.29 is 13.2 Å². The number of aromatic nitrogens is 6. The van der Waals surface area contributed by atoms with Gasteiger partial charge in [0.1, 0.15) is 5.41 Å². The van der Waals surface area contributed by atoms with Gasteiger partial charge in [-0.25, -0.2) is 19.3 Å². The number of halogens is 3. The lowest BCUT2D eigenvalue weighted by Crippen LogP contribution is -2.34. The fourth-order valence-electron chi connectivity index (χ4n) is 9.17. The predicted octanol–water partition coefficient (Wildman–Crippen LogP) is 10.8. The van der Waals surface area contributed by atoms with Gasteiger partial charge in [0.2, 0.25) is 0 Å². The maximum absolute atomic E-state index is 13.9. The van der Waals surface area contributed by atoms with E-state index in [0.29, 0.717) is 17.3 Å². The molecular formula is C45H47F3N6. The molecule has 0 saturated heterocycles. The third-order valence-corrected chi connectivity index (χ3v) is 11.9. The molecular weight excluding hydrogens is 682 g/mol. The molecule has 0 spiro atoms. The molecule has 4 aromatic heterocycles. The van der Waals surface area contributed by atoms with E-state index in [9.17, 15) is 13.2 Å². The Morgan fingerprint density at radius 3 is 1.43 bits per heavy atom. The summed E-state index contributed by atoms with van der Waals surface area (Å²) in [5, 5.41) is 8.82. The summed E-state index contributed by atoms with van der Waals surface area (Å²) in [6, 6.07) is 32.1. The maximum Gasteiger partial charge on any atom is 0.435 e. The van der Waals surface area contributed by atoms with Gasteiger partial charge in [-0.1, -0.05) is 100 Å². The normalized spacial score (nSPS) is 16.9. The van der Waals surface area contributed by atoms with Crippen LogP contribution in [0.3, 0.4) is 0 Å². The lowest BCUT2D eigenvalue weighted by molar-refractivity contribution is -0.141. The summed E-state index contributed by atoms with van der Waals surface area (Å²) in [6.07, 6.45) is 9.68. The standard InChI is InChI=1S/C45H47F3N6/c1-32-18-24-53(51-32)40-28-33(30-42(2)20-10-11-21-42)26-38(49-40)44(35-14-6-4-7-15-35,36-16-8-5-9-17-36)39-27-34(31-43(3)22-12-13-23-43)29-41(50-39)54-25-19-37(52-54)45(46,47)48/h4-9,14-19,24-29H,10-13,20-23,30-31H2,1-3H3. The Hall–Kier alpha value is -5.05. The van der Waals surface area contributed by atoms with E-state index in [0.717, 1.165) is 59.8 Å². The number of hydrogen-bond donors (Lipinski definition) is 0. The van der Waals surface area contributed by atoms with Crippen LogP contribution in [0.25, 0.3) is 11.6 Å². The third-order valence-electron chi connectivity index (χ3n) is 11.9. The number of benzene rings is 2. The van der Waals surface area contributed by atoms with Gasteiger partial charge in [-0.2, -0.15) is 23.4 Å². The highest BCUT2D eigenvalue weighted by Gasteiger charge is 2.43. The molecule has 8 rings (SSSR count). The molecule has 2 aliphatic rings. The lowest BCUT2D eigenvalue weighted by Gasteiger charge is -2.36. The van der Waals surface area contributed by atoms with Crippen LogP contribution >= 0.6 is 0 Å².